The summed E-state index contributed by atoms with van der Waals surface area (Å²) in [6.45, 7) is 6.08. The van der Waals surface area contributed by atoms with Gasteiger partial charge in [-0.3, -0.25) is 0 Å². The number of methoxy groups -OCH3 is 13. The first-order valence-electron chi connectivity index (χ1n) is 39.6. The van der Waals surface area contributed by atoms with Crippen LogP contribution in [0.3, 0.4) is 0 Å². The molecule has 0 aromatic heterocycles. The van der Waals surface area contributed by atoms with Gasteiger partial charge in [0.15, 0.2) is 46.0 Å². The van der Waals surface area contributed by atoms with Crippen molar-refractivity contribution in [3.8, 4) is 132 Å². The number of phenols is 10. The van der Waals surface area contributed by atoms with E-state index in [0.29, 0.717) is 76.8 Å². The van der Waals surface area contributed by atoms with Gasteiger partial charge in [0.1, 0.15) is 63.2 Å². The lowest BCUT2D eigenvalue weighted by molar-refractivity contribution is 0.324. The third-order valence-corrected chi connectivity index (χ3v) is 19.9. The number of ether oxygens (including phenoxy) is 13. The molecule has 12 rings (SSSR count). The zero-order valence-electron chi connectivity index (χ0n) is 72.9. The Balaban J connectivity index is 0.000000316. The molecule has 0 bridgehead atoms. The molecule has 126 heavy (non-hydrogen) atoms. The summed E-state index contributed by atoms with van der Waals surface area (Å²) in [5.74, 6) is 8.99. The molecule has 678 valence electrons. The van der Waals surface area contributed by atoms with Gasteiger partial charge < -0.3 is 113 Å². The summed E-state index contributed by atoms with van der Waals surface area (Å²) < 4.78 is 68.3. The quantitative estimate of drug-likeness (QED) is 0.0193. The van der Waals surface area contributed by atoms with Crippen molar-refractivity contribution in [3.63, 3.8) is 0 Å². The molecule has 0 unspecified atom stereocenters. The van der Waals surface area contributed by atoms with Gasteiger partial charge in [-0.1, -0.05) is 82.9 Å². The van der Waals surface area contributed by atoms with Crippen LogP contribution in [0, 0.1) is 20.8 Å². The molecule has 0 aliphatic carbocycles. The van der Waals surface area contributed by atoms with E-state index in [4.69, 9.17) is 61.6 Å². The Bertz CT molecular complexity index is 5260. The van der Waals surface area contributed by atoms with Gasteiger partial charge in [0, 0.05) is 18.2 Å². The van der Waals surface area contributed by atoms with Crippen LogP contribution in [0.25, 0.3) is 0 Å². The number of phenolic OH excluding ortho intramolecular Hbond substituents is 10. The zero-order chi connectivity index (χ0) is 89.7. The molecule has 0 fully saturated rings. The third-order valence-electron chi connectivity index (χ3n) is 19.9. The molecular weight excluding hydrogens is 1610 g/mol. The summed E-state index contributed by atoms with van der Waals surface area (Å²) in [7, 11) is 20.6. The van der Waals surface area contributed by atoms with Crippen LogP contribution in [0.5, 0.6) is 132 Å². The Morgan fingerprint density at radius 1 is 0.183 bits per heavy atom. The van der Waals surface area contributed by atoms with Crippen molar-refractivity contribution >= 4 is 0 Å². The molecule has 0 atom stereocenters. The number of rotatable bonds is 31. The van der Waals surface area contributed by atoms with E-state index in [1.165, 1.54) is 64.4 Å². The highest BCUT2D eigenvalue weighted by Gasteiger charge is 2.18. The van der Waals surface area contributed by atoms with Crippen molar-refractivity contribution in [2.24, 2.45) is 0 Å². The molecule has 0 aliphatic rings. The van der Waals surface area contributed by atoms with Gasteiger partial charge in [-0.15, -0.1) is 0 Å². The van der Waals surface area contributed by atoms with Gasteiger partial charge in [-0.2, -0.15) is 0 Å². The van der Waals surface area contributed by atoms with Crippen LogP contribution in [0.2, 0.25) is 0 Å². The van der Waals surface area contributed by atoms with Gasteiger partial charge in [0.25, 0.3) is 0 Å². The Labute approximate surface area is 743 Å². The SMILES string of the molecule is C.C.C.COc1cc(CCc2cc(O)c(OC)c(OC)c2)ccc1C.COc1cc(CCc2cc(O)cc(O)c2)ccc1C.COc1cc(CCc2cc(OC)c(OC)c(OC)c2)ccc1C.COc1cc(CCc2cccc(O)c2)cc(O)c1OC.COc1cc(O)cc(CCc2cc(OC)c(O)c(OC)c2)c1.Oc1cccc(CCc2cc(O)cc(O)c2)c1. The Kier molecular flexibility index (Phi) is 44.0. The fraction of sp³-hybridized carbons (Fsp3) is 0.301. The van der Waals surface area contributed by atoms with Crippen LogP contribution in [-0.2, 0) is 77.0 Å². The molecule has 10 N–H and O–H groups in total. The minimum Gasteiger partial charge on any atom is -0.508 e. The highest BCUT2D eigenvalue weighted by molar-refractivity contribution is 5.57. The van der Waals surface area contributed by atoms with Crippen molar-refractivity contribution in [2.45, 2.75) is 120 Å². The van der Waals surface area contributed by atoms with Gasteiger partial charge in [-0.25, -0.2) is 0 Å². The Morgan fingerprint density at radius 2 is 0.405 bits per heavy atom. The summed E-state index contributed by atoms with van der Waals surface area (Å²) in [6.07, 6.45) is 9.39. The predicted molar refractivity (Wildman–Crippen MR) is 498 cm³/mol. The van der Waals surface area contributed by atoms with Crippen molar-refractivity contribution < 1.29 is 113 Å². The molecule has 0 heterocycles. The molecule has 23 heteroatoms. The predicted octanol–water partition coefficient (Wildman–Crippen LogP) is 20.8. The van der Waals surface area contributed by atoms with E-state index in [1.54, 1.807) is 148 Å². The topological polar surface area (TPSA) is 322 Å². The average Bonchev–Trinajstić information content (AvgIpc) is 0.838. The van der Waals surface area contributed by atoms with Crippen LogP contribution in [-0.4, -0.2) is 143 Å². The van der Waals surface area contributed by atoms with E-state index < -0.39 is 0 Å². The molecule has 0 radical (unpaired) electrons. The van der Waals surface area contributed by atoms with Gasteiger partial charge >= 0.3 is 0 Å². The average molecular weight is 1730 g/mol. The Morgan fingerprint density at radius 3 is 0.675 bits per heavy atom. The Hall–Kier alpha value is -14.0. The fourth-order valence-corrected chi connectivity index (χ4v) is 13.4. The number of aryl methyl sites for hydroxylation is 15. The number of benzene rings is 12. The van der Waals surface area contributed by atoms with Crippen LogP contribution in [0.1, 0.15) is 106 Å². The second-order valence-corrected chi connectivity index (χ2v) is 28.6. The molecular formula is C103H128O23. The smallest absolute Gasteiger partial charge is 0.203 e. The van der Waals surface area contributed by atoms with Crippen LogP contribution < -0.4 is 61.6 Å². The molecule has 12 aromatic rings. The monoisotopic (exact) mass is 1730 g/mol. The molecule has 0 spiro atoms. The van der Waals surface area contributed by atoms with E-state index in [1.807, 2.05) is 81.4 Å². The lowest BCUT2D eigenvalue weighted by atomic mass is 10.0. The highest BCUT2D eigenvalue weighted by Crippen LogP contribution is 2.42. The van der Waals surface area contributed by atoms with E-state index in [-0.39, 0.29) is 79.8 Å². The first kappa shape index (κ1) is 104. The van der Waals surface area contributed by atoms with E-state index in [9.17, 15) is 51.1 Å². The zero-order valence-corrected chi connectivity index (χ0v) is 72.9. The molecule has 0 amide bonds. The number of hydrogen-bond donors (Lipinski definition) is 10. The van der Waals surface area contributed by atoms with Crippen LogP contribution in [0.4, 0.5) is 0 Å². The van der Waals surface area contributed by atoms with Crippen molar-refractivity contribution in [1.82, 2.24) is 0 Å². The summed E-state index contributed by atoms with van der Waals surface area (Å²) in [6, 6.07) is 61.9. The van der Waals surface area contributed by atoms with Gasteiger partial charge in [0.05, 0.1) is 92.4 Å². The maximum Gasteiger partial charge on any atom is 0.203 e. The molecule has 0 saturated carbocycles. The molecule has 12 aromatic carbocycles. The lowest BCUT2D eigenvalue weighted by Crippen LogP contribution is -1.99. The first-order chi connectivity index (χ1) is 59.1. The van der Waals surface area contributed by atoms with Crippen molar-refractivity contribution in [3.05, 3.63) is 290 Å². The van der Waals surface area contributed by atoms with E-state index >= 15 is 0 Å². The molecule has 0 aliphatic heterocycles. The van der Waals surface area contributed by atoms with Gasteiger partial charge in [0.2, 0.25) is 23.0 Å². The number of aromatic hydroxyl groups is 10. The highest BCUT2D eigenvalue weighted by atomic mass is 16.5. The second kappa shape index (κ2) is 53.2. The van der Waals surface area contributed by atoms with Gasteiger partial charge in [-0.05, 0) is 309 Å². The van der Waals surface area contributed by atoms with Crippen LogP contribution in [0.15, 0.2) is 206 Å². The fourth-order valence-electron chi connectivity index (χ4n) is 13.4. The summed E-state index contributed by atoms with van der Waals surface area (Å²) >= 11 is 0. The maximum atomic E-state index is 9.99. The first-order valence-corrected chi connectivity index (χ1v) is 39.6. The van der Waals surface area contributed by atoms with E-state index in [2.05, 4.69) is 42.5 Å². The molecule has 0 saturated heterocycles. The van der Waals surface area contributed by atoms with E-state index in [0.717, 1.165) is 142 Å². The maximum absolute atomic E-state index is 9.99. The largest absolute Gasteiger partial charge is 0.508 e. The van der Waals surface area contributed by atoms with Crippen LogP contribution >= 0.6 is 0 Å². The summed E-state index contributed by atoms with van der Waals surface area (Å²) in [5, 5.41) is 95.7. The normalized spacial score (nSPS) is 10.1. The number of hydrogen-bond acceptors (Lipinski definition) is 23. The molecule has 23 nitrogen and oxygen atoms in total. The minimum atomic E-state index is -0.00669. The summed E-state index contributed by atoms with van der Waals surface area (Å²) in [5.41, 5.74) is 15.8. The van der Waals surface area contributed by atoms with Crippen molar-refractivity contribution in [2.75, 3.05) is 92.4 Å². The standard InChI is InChI=1S/C19H24O4.C18H22O4.C17H20O5.C16H18O4.C16H18O3.C14H14O3.3CH4/c1-13-6-7-14(10-16(13)20-2)8-9-15-11-17(21-3)19(23-5)18(12-15)22-4;1-12-5-6-13(10-16(12)20-2)7-8-14-9-15(19)18(22-4)17(11-14)21-3;1-20-14-7-11(6-13(18)10-14)4-5-12-8-15(21-2)17(19)16(9-12)22-3;1-19-15-10-12(9-14(18)16(15)20-2)7-6-11-4-3-5-13(17)8-11;1-11-3-4-12(9-16(11)19-2)5-6-13-7-14(17)10-15(18)8-13;15-12-3-1-2-10(6-12)4-5-11-7-13(16)9-14(17)8-11;;;/h6-7,10-12H,8-9H2,1-5H3;5-6,9-11,19H,7-8H2,1-4H3;6-10,18-19H,4-5H2,1-3H3;3-5,8-10,17-18H,6-7H2,1-2H3;3-4,7-10,17-18H,5-6H2,1-2H3;1-3,6-9,15-17H,4-5H2;3*1H4. The van der Waals surface area contributed by atoms with Crippen molar-refractivity contribution in [1.29, 1.82) is 0 Å². The second-order valence-electron chi connectivity index (χ2n) is 28.6. The minimum absolute atomic E-state index is 0. The third kappa shape index (κ3) is 32.4. The lowest BCUT2D eigenvalue weighted by Gasteiger charge is -2.14. The summed E-state index contributed by atoms with van der Waals surface area (Å²) in [4.78, 5) is 0.